The van der Waals surface area contributed by atoms with Crippen molar-refractivity contribution in [2.24, 2.45) is 0 Å². The number of hydrogen-bond acceptors (Lipinski definition) is 6. The zero-order chi connectivity index (χ0) is 48.6. The number of allylic oxidation sites excluding steroid dienone is 20. The van der Waals surface area contributed by atoms with Crippen LogP contribution >= 0.6 is 0 Å². The molecular formula is C61H98O6. The van der Waals surface area contributed by atoms with E-state index in [2.05, 4.69) is 142 Å². The van der Waals surface area contributed by atoms with Gasteiger partial charge in [0, 0.05) is 19.3 Å². The predicted octanol–water partition coefficient (Wildman–Crippen LogP) is 18.1. The molecule has 0 aromatic rings. The first kappa shape index (κ1) is 62.8. The second kappa shape index (κ2) is 54.4. The van der Waals surface area contributed by atoms with E-state index < -0.39 is 6.10 Å². The van der Waals surface area contributed by atoms with Gasteiger partial charge >= 0.3 is 17.9 Å². The summed E-state index contributed by atoms with van der Waals surface area (Å²) >= 11 is 0. The summed E-state index contributed by atoms with van der Waals surface area (Å²) in [5.41, 5.74) is 0. The predicted molar refractivity (Wildman–Crippen MR) is 288 cm³/mol. The van der Waals surface area contributed by atoms with Gasteiger partial charge in [-0.05, 0) is 128 Å². The van der Waals surface area contributed by atoms with Crippen molar-refractivity contribution < 1.29 is 28.6 Å². The minimum atomic E-state index is -0.833. The second-order valence-electron chi connectivity index (χ2n) is 17.4. The molecule has 0 rings (SSSR count). The van der Waals surface area contributed by atoms with Crippen LogP contribution in [0.5, 0.6) is 0 Å². The van der Waals surface area contributed by atoms with E-state index in [1.165, 1.54) is 77.0 Å². The van der Waals surface area contributed by atoms with E-state index >= 15 is 0 Å². The van der Waals surface area contributed by atoms with Crippen LogP contribution < -0.4 is 0 Å². The average Bonchev–Trinajstić information content (AvgIpc) is 3.33. The van der Waals surface area contributed by atoms with Crippen molar-refractivity contribution >= 4 is 17.9 Å². The zero-order valence-corrected chi connectivity index (χ0v) is 43.1. The van der Waals surface area contributed by atoms with Crippen molar-refractivity contribution in [1.29, 1.82) is 0 Å². The number of esters is 3. The van der Waals surface area contributed by atoms with Gasteiger partial charge in [0.1, 0.15) is 13.2 Å². The van der Waals surface area contributed by atoms with E-state index in [1.807, 2.05) is 0 Å². The van der Waals surface area contributed by atoms with Crippen LogP contribution in [-0.4, -0.2) is 37.2 Å². The minimum Gasteiger partial charge on any atom is -0.462 e. The Labute approximate surface area is 412 Å². The molecule has 0 unspecified atom stereocenters. The molecule has 0 N–H and O–H groups in total. The summed E-state index contributed by atoms with van der Waals surface area (Å²) in [5.74, 6) is -1.06. The van der Waals surface area contributed by atoms with Gasteiger partial charge in [-0.2, -0.15) is 0 Å². The van der Waals surface area contributed by atoms with Gasteiger partial charge < -0.3 is 14.2 Å². The van der Waals surface area contributed by atoms with Crippen LogP contribution in [0.2, 0.25) is 0 Å². The Hall–Kier alpha value is -4.19. The lowest BCUT2D eigenvalue weighted by Gasteiger charge is -2.18. The number of unbranched alkanes of at least 4 members (excludes halogenated alkanes) is 16. The highest BCUT2D eigenvalue weighted by molar-refractivity contribution is 5.71. The maximum Gasteiger partial charge on any atom is 0.306 e. The van der Waals surface area contributed by atoms with Gasteiger partial charge in [0.2, 0.25) is 0 Å². The SMILES string of the molecule is CCCCC/C=C/C/C=C/C/C=C/C/C=C/CCCC(=O)OCC(COC(=O)CCC/C=C/C/C=C/C/C=C/C/C=C/CCCCC)OC(=O)CCCCCCC/C=C/C/C=C/CCCCC. The normalized spacial score (nSPS) is 12.7. The summed E-state index contributed by atoms with van der Waals surface area (Å²) in [5, 5.41) is 0. The van der Waals surface area contributed by atoms with Crippen molar-refractivity contribution in [2.75, 3.05) is 13.2 Å². The largest absolute Gasteiger partial charge is 0.462 e. The first-order valence-corrected chi connectivity index (χ1v) is 27.0. The van der Waals surface area contributed by atoms with Crippen LogP contribution in [-0.2, 0) is 28.6 Å². The highest BCUT2D eigenvalue weighted by atomic mass is 16.6. The third-order valence-corrected chi connectivity index (χ3v) is 10.9. The quantitative estimate of drug-likeness (QED) is 0.0262. The second-order valence-corrected chi connectivity index (χ2v) is 17.4. The lowest BCUT2D eigenvalue weighted by Crippen LogP contribution is -2.30. The molecule has 0 bridgehead atoms. The number of ether oxygens (including phenoxy) is 3. The lowest BCUT2D eigenvalue weighted by atomic mass is 10.1. The van der Waals surface area contributed by atoms with Gasteiger partial charge in [-0.1, -0.05) is 200 Å². The minimum absolute atomic E-state index is 0.132. The van der Waals surface area contributed by atoms with Crippen molar-refractivity contribution in [2.45, 2.75) is 232 Å². The highest BCUT2D eigenvalue weighted by Crippen LogP contribution is 2.12. The molecule has 0 aromatic heterocycles. The molecular weight excluding hydrogens is 829 g/mol. The monoisotopic (exact) mass is 927 g/mol. The summed E-state index contributed by atoms with van der Waals surface area (Å²) in [6.45, 7) is 6.43. The van der Waals surface area contributed by atoms with E-state index in [-0.39, 0.29) is 50.4 Å². The Morgan fingerprint density at radius 3 is 0.881 bits per heavy atom. The molecule has 0 atom stereocenters. The van der Waals surface area contributed by atoms with Gasteiger partial charge in [0.25, 0.3) is 0 Å². The van der Waals surface area contributed by atoms with Crippen LogP contribution in [0.15, 0.2) is 122 Å². The van der Waals surface area contributed by atoms with Crippen LogP contribution in [0.25, 0.3) is 0 Å². The smallest absolute Gasteiger partial charge is 0.306 e. The zero-order valence-electron chi connectivity index (χ0n) is 43.1. The molecule has 67 heavy (non-hydrogen) atoms. The van der Waals surface area contributed by atoms with E-state index in [0.717, 1.165) is 96.3 Å². The summed E-state index contributed by atoms with van der Waals surface area (Å²) in [4.78, 5) is 38.0. The third-order valence-electron chi connectivity index (χ3n) is 10.9. The fraction of sp³-hybridized carbons (Fsp3) is 0.623. The highest BCUT2D eigenvalue weighted by Gasteiger charge is 2.19. The Balaban J connectivity index is 4.60. The summed E-state index contributed by atoms with van der Waals surface area (Å²) in [6, 6.07) is 0. The summed E-state index contributed by atoms with van der Waals surface area (Å²) < 4.78 is 16.7. The van der Waals surface area contributed by atoms with Crippen molar-refractivity contribution in [3.05, 3.63) is 122 Å². The molecule has 0 saturated heterocycles. The first-order valence-electron chi connectivity index (χ1n) is 27.0. The molecule has 0 aromatic carbocycles. The van der Waals surface area contributed by atoms with Crippen LogP contribution in [0.4, 0.5) is 0 Å². The van der Waals surface area contributed by atoms with E-state index in [4.69, 9.17) is 14.2 Å². The fourth-order valence-corrected chi connectivity index (χ4v) is 6.81. The number of rotatable bonds is 47. The van der Waals surface area contributed by atoms with E-state index in [9.17, 15) is 14.4 Å². The fourth-order valence-electron chi connectivity index (χ4n) is 6.81. The van der Waals surface area contributed by atoms with Crippen LogP contribution in [0.3, 0.4) is 0 Å². The molecule has 0 saturated carbocycles. The van der Waals surface area contributed by atoms with Gasteiger partial charge in [-0.3, -0.25) is 14.4 Å². The molecule has 0 spiro atoms. The standard InChI is InChI=1S/C61H98O6/c1-4-7-10-13-16-19-22-25-28-30-33-35-38-41-44-47-50-53-59(62)65-56-58(67-61(64)55-52-49-46-43-40-37-32-27-24-21-18-15-12-9-6-3)57-66-60(63)54-51-48-45-42-39-36-34-31-29-26-23-20-17-14-11-8-5-2/h16-21,25-29,32-36,41-42,44-45,58H,4-15,22-24,30-31,37-40,43,46-57H2,1-3H3/b19-16+,20-17+,21-18+,28-25+,29-26+,32-27+,35-33+,36-34+,44-41+,45-42+. The molecule has 6 nitrogen and oxygen atoms in total. The van der Waals surface area contributed by atoms with Gasteiger partial charge in [0.15, 0.2) is 6.10 Å². The summed E-state index contributed by atoms with van der Waals surface area (Å²) in [6.07, 6.45) is 74.7. The topological polar surface area (TPSA) is 78.9 Å². The molecule has 0 aliphatic heterocycles. The third kappa shape index (κ3) is 52.6. The van der Waals surface area contributed by atoms with Gasteiger partial charge in [-0.15, -0.1) is 0 Å². The Morgan fingerprint density at radius 2 is 0.552 bits per heavy atom. The molecule has 0 amide bonds. The molecule has 6 heteroatoms. The van der Waals surface area contributed by atoms with E-state index in [1.54, 1.807) is 0 Å². The maximum absolute atomic E-state index is 12.8. The van der Waals surface area contributed by atoms with Crippen LogP contribution in [0, 0.1) is 0 Å². The van der Waals surface area contributed by atoms with Crippen molar-refractivity contribution in [1.82, 2.24) is 0 Å². The Morgan fingerprint density at radius 1 is 0.299 bits per heavy atom. The molecule has 0 aliphatic rings. The maximum atomic E-state index is 12.8. The molecule has 0 fully saturated rings. The van der Waals surface area contributed by atoms with Gasteiger partial charge in [-0.25, -0.2) is 0 Å². The van der Waals surface area contributed by atoms with Crippen LogP contribution in [0.1, 0.15) is 226 Å². The first-order chi connectivity index (χ1) is 33.0. The molecule has 0 heterocycles. The summed E-state index contributed by atoms with van der Waals surface area (Å²) in [7, 11) is 0. The molecule has 0 aliphatic carbocycles. The number of hydrogen-bond donors (Lipinski definition) is 0. The number of carbonyl (C=O) groups is 3. The number of carbonyl (C=O) groups excluding carboxylic acids is 3. The van der Waals surface area contributed by atoms with Crippen molar-refractivity contribution in [3.8, 4) is 0 Å². The Kier molecular flexibility index (Phi) is 51.0. The lowest BCUT2D eigenvalue weighted by molar-refractivity contribution is -0.167. The Bertz CT molecular complexity index is 1360. The van der Waals surface area contributed by atoms with E-state index in [0.29, 0.717) is 12.8 Å². The molecule has 378 valence electrons. The van der Waals surface area contributed by atoms with Gasteiger partial charge in [0.05, 0.1) is 0 Å². The average molecular weight is 927 g/mol. The molecule has 0 radical (unpaired) electrons. The van der Waals surface area contributed by atoms with Crippen molar-refractivity contribution in [3.63, 3.8) is 0 Å².